The van der Waals surface area contributed by atoms with Crippen molar-refractivity contribution in [2.24, 2.45) is 5.73 Å². The summed E-state index contributed by atoms with van der Waals surface area (Å²) in [5.74, 6) is -1.35. The fraction of sp³-hybridized carbons (Fsp3) is 0.231. The molecule has 0 spiro atoms. The Morgan fingerprint density at radius 3 is 2.85 bits per heavy atom. The second-order valence-electron chi connectivity index (χ2n) is 4.37. The van der Waals surface area contributed by atoms with Crippen molar-refractivity contribution in [1.29, 1.82) is 0 Å². The summed E-state index contributed by atoms with van der Waals surface area (Å²) >= 11 is 0. The molecule has 0 radical (unpaired) electrons. The summed E-state index contributed by atoms with van der Waals surface area (Å²) in [7, 11) is 0. The first kappa shape index (κ1) is 13.7. The number of rotatable bonds is 6. The minimum Gasteiger partial charge on any atom is -0.481 e. The molecule has 0 unspecified atom stereocenters. The summed E-state index contributed by atoms with van der Waals surface area (Å²) in [5.41, 5.74) is 7.15. The number of aliphatic carboxylic acids is 1. The molecule has 0 aliphatic rings. The van der Waals surface area contributed by atoms with Crippen LogP contribution in [0.2, 0.25) is 0 Å². The number of hydrogen-bond acceptors (Lipinski definition) is 4. The molecule has 2 rings (SSSR count). The first-order valence-electron chi connectivity index (χ1n) is 6.04. The topological polar surface area (TPSA) is 111 Å². The van der Waals surface area contributed by atoms with Crippen LogP contribution in [0.25, 0.3) is 0 Å². The number of nitrogens with two attached hydrogens (primary N) is 1. The molecule has 0 aliphatic heterocycles. The number of aromatic nitrogens is 3. The zero-order chi connectivity index (χ0) is 14.5. The Labute approximate surface area is 115 Å². The Morgan fingerprint density at radius 1 is 1.35 bits per heavy atom. The number of carboxylic acid groups (broad SMARTS) is 1. The van der Waals surface area contributed by atoms with E-state index in [4.69, 9.17) is 10.8 Å². The van der Waals surface area contributed by atoms with Gasteiger partial charge >= 0.3 is 5.97 Å². The number of carbonyl (C=O) groups excluding carboxylic acids is 1. The molecule has 2 aromatic rings. The first-order chi connectivity index (χ1) is 9.54. The second-order valence-corrected chi connectivity index (χ2v) is 4.37. The molecule has 0 saturated heterocycles. The molecule has 0 bridgehead atoms. The molecule has 1 heterocycles. The molecular weight excluding hydrogens is 260 g/mol. The van der Waals surface area contributed by atoms with Gasteiger partial charge in [0.15, 0.2) is 0 Å². The van der Waals surface area contributed by atoms with E-state index in [1.807, 2.05) is 6.07 Å². The zero-order valence-corrected chi connectivity index (χ0v) is 10.7. The van der Waals surface area contributed by atoms with Gasteiger partial charge in [0.1, 0.15) is 0 Å². The van der Waals surface area contributed by atoms with E-state index in [0.29, 0.717) is 24.2 Å². The number of amides is 1. The molecule has 0 atom stereocenters. The minimum absolute atomic E-state index is 0.0237. The summed E-state index contributed by atoms with van der Waals surface area (Å²) in [6.45, 7) is 0.446. The molecule has 3 N–H and O–H groups in total. The highest BCUT2D eigenvalue weighted by Crippen LogP contribution is 2.07. The van der Waals surface area contributed by atoms with Gasteiger partial charge in [-0.15, -0.1) is 5.10 Å². The van der Waals surface area contributed by atoms with Gasteiger partial charge in [-0.1, -0.05) is 17.3 Å². The summed E-state index contributed by atoms with van der Waals surface area (Å²) in [5, 5.41) is 16.4. The van der Waals surface area contributed by atoms with Crippen LogP contribution in [0.3, 0.4) is 0 Å². The van der Waals surface area contributed by atoms with Crippen LogP contribution in [-0.4, -0.2) is 32.0 Å². The predicted octanol–water partition coefficient (Wildman–Crippen LogP) is 0.442. The van der Waals surface area contributed by atoms with Crippen molar-refractivity contribution in [1.82, 2.24) is 15.0 Å². The van der Waals surface area contributed by atoms with Gasteiger partial charge in [0.25, 0.3) is 0 Å². The Morgan fingerprint density at radius 2 is 2.15 bits per heavy atom. The van der Waals surface area contributed by atoms with Crippen LogP contribution in [0.5, 0.6) is 0 Å². The van der Waals surface area contributed by atoms with Crippen LogP contribution < -0.4 is 5.73 Å². The summed E-state index contributed by atoms with van der Waals surface area (Å²) in [6, 6.07) is 6.94. The number of carboxylic acids is 1. The van der Waals surface area contributed by atoms with E-state index in [0.717, 1.165) is 5.56 Å². The lowest BCUT2D eigenvalue weighted by atomic mass is 10.1. The highest BCUT2D eigenvalue weighted by Gasteiger charge is 2.06. The maximum absolute atomic E-state index is 11.1. The third kappa shape index (κ3) is 3.64. The van der Waals surface area contributed by atoms with Gasteiger partial charge in [0, 0.05) is 18.2 Å². The van der Waals surface area contributed by atoms with Gasteiger partial charge < -0.3 is 10.8 Å². The van der Waals surface area contributed by atoms with Crippen molar-refractivity contribution < 1.29 is 14.7 Å². The van der Waals surface area contributed by atoms with E-state index >= 15 is 0 Å². The Kier molecular flexibility index (Phi) is 4.09. The Balaban J connectivity index is 2.04. The van der Waals surface area contributed by atoms with Gasteiger partial charge in [-0.2, -0.15) is 0 Å². The van der Waals surface area contributed by atoms with E-state index in [-0.39, 0.29) is 6.42 Å². The third-order valence-corrected chi connectivity index (χ3v) is 2.74. The molecule has 104 valence electrons. The lowest BCUT2D eigenvalue weighted by Gasteiger charge is -2.02. The number of hydrogen-bond donors (Lipinski definition) is 2. The van der Waals surface area contributed by atoms with Crippen LogP contribution in [0.1, 0.15) is 28.0 Å². The maximum Gasteiger partial charge on any atom is 0.303 e. The van der Waals surface area contributed by atoms with Crippen molar-refractivity contribution in [3.63, 3.8) is 0 Å². The number of benzene rings is 1. The van der Waals surface area contributed by atoms with Crippen molar-refractivity contribution in [2.75, 3.05) is 0 Å². The van der Waals surface area contributed by atoms with Crippen molar-refractivity contribution in [2.45, 2.75) is 19.4 Å². The number of carbonyl (C=O) groups is 2. The third-order valence-electron chi connectivity index (χ3n) is 2.74. The maximum atomic E-state index is 11.1. The lowest BCUT2D eigenvalue weighted by Crippen LogP contribution is -2.11. The molecule has 0 aliphatic carbocycles. The predicted molar refractivity (Wildman–Crippen MR) is 70.0 cm³/mol. The van der Waals surface area contributed by atoms with Crippen molar-refractivity contribution in [3.05, 3.63) is 47.3 Å². The van der Waals surface area contributed by atoms with E-state index in [1.54, 1.807) is 29.1 Å². The zero-order valence-electron chi connectivity index (χ0n) is 10.7. The quantitative estimate of drug-likeness (QED) is 0.794. The minimum atomic E-state index is -0.867. The summed E-state index contributed by atoms with van der Waals surface area (Å²) < 4.78 is 1.59. The molecule has 1 aromatic carbocycles. The van der Waals surface area contributed by atoms with Crippen LogP contribution in [0.15, 0.2) is 30.5 Å². The van der Waals surface area contributed by atoms with Gasteiger partial charge in [0.05, 0.1) is 18.7 Å². The van der Waals surface area contributed by atoms with E-state index in [9.17, 15) is 9.59 Å². The number of aryl methyl sites for hydroxylation is 1. The first-order valence-corrected chi connectivity index (χ1v) is 6.04. The molecule has 1 amide bonds. The van der Waals surface area contributed by atoms with Gasteiger partial charge in [-0.25, -0.2) is 4.68 Å². The van der Waals surface area contributed by atoms with E-state index in [2.05, 4.69) is 10.3 Å². The average molecular weight is 274 g/mol. The molecule has 20 heavy (non-hydrogen) atoms. The smallest absolute Gasteiger partial charge is 0.303 e. The summed E-state index contributed by atoms with van der Waals surface area (Å²) in [6.07, 6.45) is 2.06. The Hall–Kier alpha value is -2.70. The van der Waals surface area contributed by atoms with Gasteiger partial charge in [0.2, 0.25) is 5.91 Å². The second kappa shape index (κ2) is 5.96. The lowest BCUT2D eigenvalue weighted by molar-refractivity contribution is -0.136. The van der Waals surface area contributed by atoms with Gasteiger partial charge in [-0.3, -0.25) is 9.59 Å². The molecule has 7 heteroatoms. The molecule has 7 nitrogen and oxygen atoms in total. The highest BCUT2D eigenvalue weighted by atomic mass is 16.4. The monoisotopic (exact) mass is 274 g/mol. The Bertz CT molecular complexity index is 636. The van der Waals surface area contributed by atoms with Crippen molar-refractivity contribution in [3.8, 4) is 0 Å². The largest absolute Gasteiger partial charge is 0.481 e. The molecule has 1 aromatic heterocycles. The standard InChI is InChI=1S/C13H14N4O3/c14-13(20)10-3-1-2-9(6-10)7-17-8-11(15-16-17)4-5-12(18)19/h1-3,6,8H,4-5,7H2,(H2,14,20)(H,18,19). The number of nitrogens with zero attached hydrogens (tertiary/aromatic N) is 3. The molecule has 0 saturated carbocycles. The van der Waals surface area contributed by atoms with E-state index < -0.39 is 11.9 Å². The number of primary amides is 1. The molecule has 0 fully saturated rings. The fourth-order valence-electron chi connectivity index (χ4n) is 1.78. The highest BCUT2D eigenvalue weighted by molar-refractivity contribution is 5.92. The van der Waals surface area contributed by atoms with Gasteiger partial charge in [-0.05, 0) is 17.7 Å². The van der Waals surface area contributed by atoms with Crippen LogP contribution >= 0.6 is 0 Å². The molecular formula is C13H14N4O3. The fourth-order valence-corrected chi connectivity index (χ4v) is 1.78. The van der Waals surface area contributed by atoms with Crippen LogP contribution in [0.4, 0.5) is 0 Å². The van der Waals surface area contributed by atoms with Crippen molar-refractivity contribution >= 4 is 11.9 Å². The SMILES string of the molecule is NC(=O)c1cccc(Cn2cc(CCC(=O)O)nn2)c1. The van der Waals surface area contributed by atoms with E-state index in [1.165, 1.54) is 0 Å². The van der Waals surface area contributed by atoms with Crippen LogP contribution in [-0.2, 0) is 17.8 Å². The summed E-state index contributed by atoms with van der Waals surface area (Å²) in [4.78, 5) is 21.6. The van der Waals surface area contributed by atoms with Crippen LogP contribution in [0, 0.1) is 0 Å². The average Bonchev–Trinajstić information content (AvgIpc) is 2.84. The normalized spacial score (nSPS) is 10.4.